The molecule has 5 unspecified atom stereocenters. The minimum Gasteiger partial charge on any atom is -0.494 e. The minimum atomic E-state index is -0.665. The van der Waals surface area contributed by atoms with Crippen LogP contribution in [0.1, 0.15) is 135 Å². The second-order valence-electron chi connectivity index (χ2n) is 21.1. The van der Waals surface area contributed by atoms with Gasteiger partial charge in [-0.05, 0) is 221 Å². The third-order valence-electron chi connectivity index (χ3n) is 17.7. The average molecular weight is 919 g/mol. The molecule has 0 bridgehead atoms. The number of nitrogens with zero attached hydrogens (tertiary/aromatic N) is 4. The molecule has 0 radical (unpaired) electrons. The van der Waals surface area contributed by atoms with Gasteiger partial charge in [0, 0.05) is 37.1 Å². The highest BCUT2D eigenvalue weighted by molar-refractivity contribution is 5.45. The predicted molar refractivity (Wildman–Crippen MR) is 264 cm³/mol. The summed E-state index contributed by atoms with van der Waals surface area (Å²) in [4.78, 5) is 5.20. The van der Waals surface area contributed by atoms with Crippen LogP contribution in [0.15, 0.2) is 84.9 Å². The molecule has 9 nitrogen and oxygen atoms in total. The van der Waals surface area contributed by atoms with Crippen molar-refractivity contribution in [3.05, 3.63) is 130 Å². The van der Waals surface area contributed by atoms with Gasteiger partial charge in [-0.1, -0.05) is 37.1 Å². The number of nitriles is 2. The number of piperidine rings is 2. The largest absolute Gasteiger partial charge is 0.494 e. The normalized spacial score (nSPS) is 27.3. The van der Waals surface area contributed by atoms with Gasteiger partial charge in [-0.15, -0.1) is 0 Å². The first-order chi connectivity index (χ1) is 33.4. The summed E-state index contributed by atoms with van der Waals surface area (Å²) in [6.07, 6.45) is 15.0. The van der Waals surface area contributed by atoms with Gasteiger partial charge in [0.05, 0.1) is 36.5 Å². The molecule has 0 spiro atoms. The van der Waals surface area contributed by atoms with Crippen LogP contribution in [0.3, 0.4) is 0 Å². The summed E-state index contributed by atoms with van der Waals surface area (Å²) in [5.41, 5.74) is 7.43. The van der Waals surface area contributed by atoms with Gasteiger partial charge in [-0.2, -0.15) is 10.5 Å². The Balaban J connectivity index is 0.817. The Morgan fingerprint density at radius 1 is 0.662 bits per heavy atom. The van der Waals surface area contributed by atoms with E-state index in [1.807, 2.05) is 42.5 Å². The third kappa shape index (κ3) is 9.57. The van der Waals surface area contributed by atoms with Gasteiger partial charge in [-0.25, -0.2) is 4.39 Å². The zero-order valence-corrected chi connectivity index (χ0v) is 39.9. The van der Waals surface area contributed by atoms with Gasteiger partial charge in [0.1, 0.15) is 23.5 Å². The van der Waals surface area contributed by atoms with Gasteiger partial charge < -0.3 is 29.7 Å². The maximum atomic E-state index is 15.4. The summed E-state index contributed by atoms with van der Waals surface area (Å²) >= 11 is 0. The molecule has 5 atom stereocenters. The monoisotopic (exact) mass is 919 g/mol. The van der Waals surface area contributed by atoms with E-state index in [9.17, 15) is 5.11 Å². The standard InChI is InChI=1S/C58H71FN6O3/c59-50-15-12-43-21-26-63-58(55(43)37-50,48-24-31-65(32-25-48)28-4-34-68-52-18-9-42(39-61)10-19-52)49-14-11-44(35-49)45-13-20-54-53(36-45)56(66)62-40-57(54,46-5-1-2-6-46)47-22-29-64(30-23-47)27-3-33-67-51-16-7-41(38-60)8-17-51/h7-10,12-13,15-20,36-37,44,46-49,56,62-63,66H,1-6,11,14,21-35,40H2. The quantitative estimate of drug-likeness (QED) is 0.100. The Morgan fingerprint density at radius 3 is 1.88 bits per heavy atom. The number of halogens is 1. The number of benzene rings is 4. The van der Waals surface area contributed by atoms with Crippen molar-refractivity contribution in [2.45, 2.75) is 113 Å². The molecular weight excluding hydrogens is 848 g/mol. The van der Waals surface area contributed by atoms with Crippen molar-refractivity contribution in [2.24, 2.45) is 23.7 Å². The number of hydrogen-bond acceptors (Lipinski definition) is 9. The third-order valence-corrected chi connectivity index (χ3v) is 17.7. The molecule has 4 aromatic rings. The fraction of sp³-hybridized carbons (Fsp3) is 0.552. The molecule has 10 heteroatoms. The highest BCUT2D eigenvalue weighted by atomic mass is 19.1. The molecule has 4 aromatic carbocycles. The van der Waals surface area contributed by atoms with Crippen LogP contribution in [0.2, 0.25) is 0 Å². The Kier molecular flexibility index (Phi) is 14.5. The van der Waals surface area contributed by atoms with E-state index in [1.165, 1.54) is 60.8 Å². The zero-order valence-electron chi connectivity index (χ0n) is 39.9. The Bertz CT molecular complexity index is 2410. The molecule has 4 aliphatic heterocycles. The summed E-state index contributed by atoms with van der Waals surface area (Å²) in [5, 5.41) is 37.9. The molecular formula is C58H71FN6O3. The second-order valence-corrected chi connectivity index (χ2v) is 21.1. The first-order valence-electron chi connectivity index (χ1n) is 26.2. The maximum Gasteiger partial charge on any atom is 0.131 e. The van der Waals surface area contributed by atoms with Crippen LogP contribution in [0, 0.1) is 52.2 Å². The number of rotatable bonds is 15. The molecule has 0 aromatic heterocycles. The van der Waals surface area contributed by atoms with Crippen molar-refractivity contribution in [3.8, 4) is 23.6 Å². The Morgan fingerprint density at radius 2 is 1.26 bits per heavy atom. The van der Waals surface area contributed by atoms with E-state index in [0.717, 1.165) is 121 Å². The fourth-order valence-corrected chi connectivity index (χ4v) is 14.4. The number of aliphatic hydroxyl groups is 1. The summed E-state index contributed by atoms with van der Waals surface area (Å²) < 4.78 is 27.4. The van der Waals surface area contributed by atoms with Gasteiger partial charge >= 0.3 is 0 Å². The Hall–Kier alpha value is -4.81. The van der Waals surface area contributed by atoms with Crippen LogP contribution < -0.4 is 20.1 Å². The summed E-state index contributed by atoms with van der Waals surface area (Å²) in [6, 6.07) is 32.0. The molecule has 10 rings (SSSR count). The lowest BCUT2D eigenvalue weighted by Crippen LogP contribution is -2.58. The minimum absolute atomic E-state index is 0.0172. The summed E-state index contributed by atoms with van der Waals surface area (Å²) in [5.74, 6) is 3.85. The van der Waals surface area contributed by atoms with E-state index < -0.39 is 6.23 Å². The lowest BCUT2D eigenvalue weighted by Gasteiger charge is -2.53. The average Bonchev–Trinajstić information content (AvgIpc) is 4.13. The predicted octanol–water partition coefficient (Wildman–Crippen LogP) is 9.88. The topological polar surface area (TPSA) is 117 Å². The fourth-order valence-electron chi connectivity index (χ4n) is 14.4. The lowest BCUT2D eigenvalue weighted by molar-refractivity contribution is 0.0416. The zero-order chi connectivity index (χ0) is 46.5. The van der Waals surface area contributed by atoms with Crippen LogP contribution in [0.4, 0.5) is 4.39 Å². The molecule has 2 aliphatic carbocycles. The number of aliphatic hydroxyl groups excluding tert-OH is 1. The highest BCUT2D eigenvalue weighted by Gasteiger charge is 2.53. The van der Waals surface area contributed by atoms with Gasteiger partial charge in [0.25, 0.3) is 0 Å². The maximum absolute atomic E-state index is 15.4. The summed E-state index contributed by atoms with van der Waals surface area (Å²) in [6.45, 7) is 9.31. The van der Waals surface area contributed by atoms with Gasteiger partial charge in [0.2, 0.25) is 0 Å². The van der Waals surface area contributed by atoms with E-state index in [0.29, 0.717) is 53.9 Å². The van der Waals surface area contributed by atoms with Crippen molar-refractivity contribution >= 4 is 0 Å². The summed E-state index contributed by atoms with van der Waals surface area (Å²) in [7, 11) is 0. The van der Waals surface area contributed by atoms with Crippen LogP contribution in [-0.2, 0) is 17.4 Å². The molecule has 68 heavy (non-hydrogen) atoms. The molecule has 4 heterocycles. The van der Waals surface area contributed by atoms with Crippen molar-refractivity contribution < 1.29 is 19.0 Å². The number of nitrogens with one attached hydrogen (secondary N) is 2. The van der Waals surface area contributed by atoms with Crippen molar-refractivity contribution in [1.29, 1.82) is 10.5 Å². The molecule has 3 N–H and O–H groups in total. The van der Waals surface area contributed by atoms with Crippen LogP contribution in [0.25, 0.3) is 0 Å². The molecule has 2 saturated carbocycles. The van der Waals surface area contributed by atoms with Crippen molar-refractivity contribution in [3.63, 3.8) is 0 Å². The molecule has 6 aliphatic rings. The molecule has 4 fully saturated rings. The van der Waals surface area contributed by atoms with Crippen LogP contribution in [-0.4, -0.2) is 80.5 Å². The van der Waals surface area contributed by atoms with E-state index in [4.69, 9.17) is 20.0 Å². The number of fused-ring (bicyclic) bond motifs is 2. The number of likely N-dealkylation sites (tertiary alicyclic amines) is 2. The van der Waals surface area contributed by atoms with Crippen LogP contribution in [0.5, 0.6) is 11.5 Å². The molecule has 358 valence electrons. The van der Waals surface area contributed by atoms with E-state index in [-0.39, 0.29) is 16.8 Å². The molecule has 2 saturated heterocycles. The van der Waals surface area contributed by atoms with Crippen LogP contribution >= 0.6 is 0 Å². The SMILES string of the molecule is N#Cc1ccc(OCCCN2CCC(C3(C4CCCC4)CNC(O)c4cc(C5CCC(C6(C7CCN(CCCOc8ccc(C#N)cc8)CC7)NCCc7ccc(F)cc76)C5)ccc43)CC2)cc1. The van der Waals surface area contributed by atoms with Crippen molar-refractivity contribution in [1.82, 2.24) is 20.4 Å². The smallest absolute Gasteiger partial charge is 0.131 e. The number of ether oxygens (including phenoxy) is 2. The lowest BCUT2D eigenvalue weighted by atomic mass is 9.57. The van der Waals surface area contributed by atoms with E-state index >= 15 is 4.39 Å². The number of hydrogen-bond donors (Lipinski definition) is 3. The molecule has 0 amide bonds. The first-order valence-corrected chi connectivity index (χ1v) is 26.2. The van der Waals surface area contributed by atoms with Gasteiger partial charge in [0.15, 0.2) is 0 Å². The second kappa shape index (κ2) is 21.0. The Labute approximate surface area is 404 Å². The highest BCUT2D eigenvalue weighted by Crippen LogP contribution is 2.56. The van der Waals surface area contributed by atoms with Gasteiger partial charge in [-0.3, -0.25) is 5.32 Å². The van der Waals surface area contributed by atoms with E-state index in [1.54, 1.807) is 18.2 Å². The van der Waals surface area contributed by atoms with E-state index in [2.05, 4.69) is 56.8 Å². The first kappa shape index (κ1) is 46.9. The van der Waals surface area contributed by atoms with Crippen molar-refractivity contribution in [2.75, 3.05) is 65.6 Å².